The molecule has 1 rings (SSSR count). The summed E-state index contributed by atoms with van der Waals surface area (Å²) in [6.07, 6.45) is 0. The number of likely N-dealkylation sites (N-methyl/N-ethyl adjacent to an activating group) is 2. The van der Waals surface area contributed by atoms with Gasteiger partial charge in [0, 0.05) is 20.1 Å². The summed E-state index contributed by atoms with van der Waals surface area (Å²) in [5, 5.41) is 8.86. The van der Waals surface area contributed by atoms with Gasteiger partial charge in [0.15, 0.2) is 0 Å². The molecule has 0 spiro atoms. The standard InChI is InChI=1S/C14H21FN2O2/c1-11(16(2)7-8-18)14(19)17(3)10-12-5-4-6-13(15)9-12/h4-6,9,11,18H,7-8,10H2,1-3H3. The highest BCUT2D eigenvalue weighted by atomic mass is 19.1. The van der Waals surface area contributed by atoms with Crippen LogP contribution in [0.5, 0.6) is 0 Å². The van der Waals surface area contributed by atoms with Crippen LogP contribution >= 0.6 is 0 Å². The number of nitrogens with zero attached hydrogens (tertiary/aromatic N) is 2. The molecule has 0 aliphatic carbocycles. The Bertz CT molecular complexity index is 426. The summed E-state index contributed by atoms with van der Waals surface area (Å²) in [6.45, 7) is 2.62. The van der Waals surface area contributed by atoms with Gasteiger partial charge in [0.05, 0.1) is 12.6 Å². The molecule has 1 amide bonds. The molecule has 1 N–H and O–H groups in total. The summed E-state index contributed by atoms with van der Waals surface area (Å²) < 4.78 is 13.1. The quantitative estimate of drug-likeness (QED) is 0.840. The molecule has 0 fully saturated rings. The zero-order chi connectivity index (χ0) is 14.4. The third-order valence-electron chi connectivity index (χ3n) is 3.16. The SMILES string of the molecule is CC(C(=O)N(C)Cc1cccc(F)c1)N(C)CCO. The fourth-order valence-corrected chi connectivity index (χ4v) is 1.85. The lowest BCUT2D eigenvalue weighted by Gasteiger charge is -2.27. The number of carbonyl (C=O) groups excluding carboxylic acids is 1. The maximum Gasteiger partial charge on any atom is 0.239 e. The molecule has 1 aromatic rings. The zero-order valence-electron chi connectivity index (χ0n) is 11.6. The molecule has 0 aromatic heterocycles. The molecule has 0 aliphatic heterocycles. The average molecular weight is 268 g/mol. The molecular formula is C14H21FN2O2. The first kappa shape index (κ1) is 15.6. The van der Waals surface area contributed by atoms with Gasteiger partial charge in [0.1, 0.15) is 5.82 Å². The lowest BCUT2D eigenvalue weighted by Crippen LogP contribution is -2.44. The predicted octanol–water partition coefficient (Wildman–Crippen LogP) is 1.10. The van der Waals surface area contributed by atoms with Crippen molar-refractivity contribution in [2.75, 3.05) is 27.2 Å². The number of amides is 1. The summed E-state index contributed by atoms with van der Waals surface area (Å²) in [4.78, 5) is 15.5. The molecule has 1 atom stereocenters. The second-order valence-electron chi connectivity index (χ2n) is 4.70. The summed E-state index contributed by atoms with van der Waals surface area (Å²) in [7, 11) is 3.48. The number of aliphatic hydroxyl groups excluding tert-OH is 1. The Morgan fingerprint density at radius 2 is 2.11 bits per heavy atom. The molecule has 1 aromatic carbocycles. The fraction of sp³-hybridized carbons (Fsp3) is 0.500. The molecule has 5 heteroatoms. The van der Waals surface area contributed by atoms with Crippen molar-refractivity contribution in [2.45, 2.75) is 19.5 Å². The molecule has 0 bridgehead atoms. The minimum absolute atomic E-state index is 0.0156. The lowest BCUT2D eigenvalue weighted by atomic mass is 10.2. The van der Waals surface area contributed by atoms with Gasteiger partial charge in [-0.2, -0.15) is 0 Å². The van der Waals surface area contributed by atoms with E-state index in [-0.39, 0.29) is 24.4 Å². The third kappa shape index (κ3) is 4.61. The van der Waals surface area contributed by atoms with Crippen molar-refractivity contribution in [3.63, 3.8) is 0 Å². The molecule has 0 heterocycles. The van der Waals surface area contributed by atoms with Gasteiger partial charge in [0.25, 0.3) is 0 Å². The number of benzene rings is 1. The number of hydrogen-bond acceptors (Lipinski definition) is 3. The Morgan fingerprint density at radius 1 is 1.42 bits per heavy atom. The Hall–Kier alpha value is -1.46. The van der Waals surface area contributed by atoms with E-state index >= 15 is 0 Å². The molecule has 4 nitrogen and oxygen atoms in total. The highest BCUT2D eigenvalue weighted by Crippen LogP contribution is 2.08. The molecule has 0 radical (unpaired) electrons. The lowest BCUT2D eigenvalue weighted by molar-refractivity contribution is -0.135. The first-order valence-corrected chi connectivity index (χ1v) is 6.26. The summed E-state index contributed by atoms with van der Waals surface area (Å²) >= 11 is 0. The molecule has 0 aliphatic rings. The zero-order valence-corrected chi connectivity index (χ0v) is 11.6. The van der Waals surface area contributed by atoms with E-state index in [1.54, 1.807) is 43.0 Å². The molecular weight excluding hydrogens is 247 g/mol. The van der Waals surface area contributed by atoms with Crippen LogP contribution in [-0.4, -0.2) is 54.1 Å². The summed E-state index contributed by atoms with van der Waals surface area (Å²) in [5.41, 5.74) is 0.757. The van der Waals surface area contributed by atoms with E-state index in [9.17, 15) is 9.18 Å². The molecule has 0 saturated carbocycles. The smallest absolute Gasteiger partial charge is 0.239 e. The van der Waals surface area contributed by atoms with Gasteiger partial charge < -0.3 is 10.0 Å². The van der Waals surface area contributed by atoms with Crippen molar-refractivity contribution in [3.8, 4) is 0 Å². The molecule has 1 unspecified atom stereocenters. The highest BCUT2D eigenvalue weighted by molar-refractivity contribution is 5.81. The van der Waals surface area contributed by atoms with Crippen molar-refractivity contribution in [3.05, 3.63) is 35.6 Å². The second kappa shape index (κ2) is 7.21. The van der Waals surface area contributed by atoms with E-state index in [0.717, 1.165) is 5.56 Å². The van der Waals surface area contributed by atoms with Gasteiger partial charge in [-0.1, -0.05) is 12.1 Å². The van der Waals surface area contributed by atoms with Crippen LogP contribution in [-0.2, 0) is 11.3 Å². The van der Waals surface area contributed by atoms with E-state index < -0.39 is 0 Å². The number of rotatable bonds is 6. The van der Waals surface area contributed by atoms with Crippen LogP contribution in [0.2, 0.25) is 0 Å². The Balaban J connectivity index is 2.62. The van der Waals surface area contributed by atoms with E-state index in [4.69, 9.17) is 5.11 Å². The van der Waals surface area contributed by atoms with Crippen molar-refractivity contribution in [1.82, 2.24) is 9.80 Å². The second-order valence-corrected chi connectivity index (χ2v) is 4.70. The molecule has 19 heavy (non-hydrogen) atoms. The topological polar surface area (TPSA) is 43.8 Å². The largest absolute Gasteiger partial charge is 0.395 e. The van der Waals surface area contributed by atoms with Crippen molar-refractivity contribution >= 4 is 5.91 Å². The van der Waals surface area contributed by atoms with Crippen molar-refractivity contribution in [2.24, 2.45) is 0 Å². The van der Waals surface area contributed by atoms with Gasteiger partial charge in [-0.25, -0.2) is 4.39 Å². The Kier molecular flexibility index (Phi) is 5.92. The Labute approximate surface area is 113 Å². The normalized spacial score (nSPS) is 12.5. The predicted molar refractivity (Wildman–Crippen MR) is 72.1 cm³/mol. The first-order chi connectivity index (χ1) is 8.95. The van der Waals surface area contributed by atoms with Gasteiger partial charge in [-0.15, -0.1) is 0 Å². The number of aliphatic hydroxyl groups is 1. The van der Waals surface area contributed by atoms with E-state index in [1.807, 2.05) is 0 Å². The van der Waals surface area contributed by atoms with Crippen LogP contribution in [0, 0.1) is 5.82 Å². The van der Waals surface area contributed by atoms with Crippen LogP contribution in [0.15, 0.2) is 24.3 Å². The van der Waals surface area contributed by atoms with E-state index in [1.165, 1.54) is 12.1 Å². The van der Waals surface area contributed by atoms with Gasteiger partial charge in [0.2, 0.25) is 5.91 Å². The van der Waals surface area contributed by atoms with Gasteiger partial charge in [-0.3, -0.25) is 9.69 Å². The summed E-state index contributed by atoms with van der Waals surface area (Å²) in [6, 6.07) is 5.90. The molecule has 106 valence electrons. The van der Waals surface area contributed by atoms with Crippen LogP contribution in [0.4, 0.5) is 4.39 Å². The average Bonchev–Trinajstić information content (AvgIpc) is 2.37. The minimum atomic E-state index is -0.314. The highest BCUT2D eigenvalue weighted by Gasteiger charge is 2.21. The van der Waals surface area contributed by atoms with Gasteiger partial charge >= 0.3 is 0 Å². The fourth-order valence-electron chi connectivity index (χ4n) is 1.85. The van der Waals surface area contributed by atoms with Gasteiger partial charge in [-0.05, 0) is 31.7 Å². The van der Waals surface area contributed by atoms with Crippen LogP contribution in [0.25, 0.3) is 0 Å². The van der Waals surface area contributed by atoms with Crippen molar-refractivity contribution in [1.29, 1.82) is 0 Å². The minimum Gasteiger partial charge on any atom is -0.395 e. The van der Waals surface area contributed by atoms with E-state index in [0.29, 0.717) is 13.1 Å². The number of hydrogen-bond donors (Lipinski definition) is 1. The monoisotopic (exact) mass is 268 g/mol. The number of halogens is 1. The maximum atomic E-state index is 13.1. The first-order valence-electron chi connectivity index (χ1n) is 6.26. The van der Waals surface area contributed by atoms with Crippen molar-refractivity contribution < 1.29 is 14.3 Å². The summed E-state index contributed by atoms with van der Waals surface area (Å²) in [5.74, 6) is -0.357. The third-order valence-corrected chi connectivity index (χ3v) is 3.16. The Morgan fingerprint density at radius 3 is 2.68 bits per heavy atom. The van der Waals surface area contributed by atoms with Crippen LogP contribution < -0.4 is 0 Å². The number of carbonyl (C=O) groups is 1. The molecule has 0 saturated heterocycles. The van der Waals surface area contributed by atoms with E-state index in [2.05, 4.69) is 0 Å². The van der Waals surface area contributed by atoms with Crippen LogP contribution in [0.3, 0.4) is 0 Å². The van der Waals surface area contributed by atoms with Crippen LogP contribution in [0.1, 0.15) is 12.5 Å². The maximum absolute atomic E-state index is 13.1.